The molecule has 4 amide bonds. The molecule has 0 spiro atoms. The Hall–Kier alpha value is -3.23. The van der Waals surface area contributed by atoms with Gasteiger partial charge in [0.15, 0.2) is 0 Å². The zero-order chi connectivity index (χ0) is 23.5. The van der Waals surface area contributed by atoms with Gasteiger partial charge in [0.1, 0.15) is 11.6 Å². The summed E-state index contributed by atoms with van der Waals surface area (Å²) in [5.74, 6) is -2.07. The Bertz CT molecular complexity index is 900. The molecule has 174 valence electrons. The largest absolute Gasteiger partial charge is 0.573 e. The molecule has 2 atom stereocenters. The molecule has 1 saturated heterocycles. The number of piperidine rings is 1. The summed E-state index contributed by atoms with van der Waals surface area (Å²) in [6, 6.07) is 3.59. The average molecular weight is 457 g/mol. The van der Waals surface area contributed by atoms with Gasteiger partial charge in [-0.15, -0.1) is 13.2 Å². The summed E-state index contributed by atoms with van der Waals surface area (Å²) in [5, 5.41) is 14.5. The molecule has 12 heteroatoms. The second kappa shape index (κ2) is 9.50. The molecular formula is C20H23F4N5O3. The number of ether oxygens (including phenoxy) is 1. The smallest absolute Gasteiger partial charge is 0.406 e. The first-order valence-electron chi connectivity index (χ1n) is 10.1. The van der Waals surface area contributed by atoms with Gasteiger partial charge >= 0.3 is 18.4 Å². The lowest BCUT2D eigenvalue weighted by molar-refractivity contribution is -0.274. The van der Waals surface area contributed by atoms with Gasteiger partial charge in [0.05, 0.1) is 18.0 Å². The maximum Gasteiger partial charge on any atom is 0.573 e. The number of likely N-dealkylation sites (tertiary alicyclic amines) is 1. The summed E-state index contributed by atoms with van der Waals surface area (Å²) in [4.78, 5) is 28.1. The molecule has 1 aromatic rings. The standard InChI is InChI=1S/C20H23F4N5O3/c1-26-18(30)28-10-12(8-25)6-15(11-28)29(14-3-4-14)19(31)27-9-13-2-5-16(7-17(13)21)32-20(22,23)24/h2,5,7,12,14-15H,3-4,6,9-11H2,1H3,(H,26,30)(H,27,31)/t12-,15?/m1/s1. The van der Waals surface area contributed by atoms with Crippen molar-refractivity contribution >= 4 is 12.1 Å². The van der Waals surface area contributed by atoms with Crippen molar-refractivity contribution in [3.8, 4) is 11.8 Å². The summed E-state index contributed by atoms with van der Waals surface area (Å²) in [6.07, 6.45) is -2.97. The minimum atomic E-state index is -4.93. The first kappa shape index (κ1) is 23.4. The van der Waals surface area contributed by atoms with Crippen molar-refractivity contribution in [2.24, 2.45) is 5.92 Å². The lowest BCUT2D eigenvalue weighted by Crippen LogP contribution is -2.57. The number of halogens is 4. The summed E-state index contributed by atoms with van der Waals surface area (Å²) in [7, 11) is 1.48. The van der Waals surface area contributed by atoms with E-state index in [2.05, 4.69) is 21.4 Å². The van der Waals surface area contributed by atoms with Gasteiger partial charge in [0, 0.05) is 44.4 Å². The molecule has 1 aliphatic heterocycles. The number of urea groups is 2. The van der Waals surface area contributed by atoms with Gasteiger partial charge in [0.2, 0.25) is 0 Å². The van der Waals surface area contributed by atoms with E-state index in [0.717, 1.165) is 25.0 Å². The second-order valence-electron chi connectivity index (χ2n) is 7.77. The summed E-state index contributed by atoms with van der Waals surface area (Å²) in [6.45, 7) is 0.289. The number of nitrogens with zero attached hydrogens (tertiary/aromatic N) is 3. The van der Waals surface area contributed by atoms with E-state index in [-0.39, 0.29) is 43.3 Å². The van der Waals surface area contributed by atoms with Crippen LogP contribution in [0.15, 0.2) is 18.2 Å². The second-order valence-corrected chi connectivity index (χ2v) is 7.77. The Balaban J connectivity index is 1.67. The number of hydrogen-bond donors (Lipinski definition) is 2. The number of hydrogen-bond acceptors (Lipinski definition) is 4. The molecule has 1 heterocycles. The molecular weight excluding hydrogens is 434 g/mol. The SMILES string of the molecule is CNC(=O)N1CC(N(C(=O)NCc2ccc(OC(F)(F)F)cc2F)C2CC2)C[C@H](C#N)C1. The predicted octanol–water partition coefficient (Wildman–Crippen LogP) is 2.95. The number of nitriles is 1. The first-order chi connectivity index (χ1) is 15.1. The van der Waals surface area contributed by atoms with E-state index >= 15 is 0 Å². The molecule has 1 aromatic carbocycles. The number of nitrogens with one attached hydrogen (secondary N) is 2. The van der Waals surface area contributed by atoms with E-state index in [0.29, 0.717) is 12.5 Å². The first-order valence-corrected chi connectivity index (χ1v) is 10.1. The van der Waals surface area contributed by atoms with E-state index in [1.807, 2.05) is 0 Å². The quantitative estimate of drug-likeness (QED) is 0.665. The van der Waals surface area contributed by atoms with Crippen LogP contribution in [0.1, 0.15) is 24.8 Å². The van der Waals surface area contributed by atoms with Crippen molar-refractivity contribution < 1.29 is 31.9 Å². The molecule has 8 nitrogen and oxygen atoms in total. The van der Waals surface area contributed by atoms with Crippen LogP contribution in [-0.2, 0) is 6.54 Å². The van der Waals surface area contributed by atoms with Crippen LogP contribution in [-0.4, -0.2) is 60.4 Å². The van der Waals surface area contributed by atoms with Crippen LogP contribution >= 0.6 is 0 Å². The lowest BCUT2D eigenvalue weighted by atomic mass is 9.94. The highest BCUT2D eigenvalue weighted by Gasteiger charge is 2.42. The van der Waals surface area contributed by atoms with E-state index in [1.54, 1.807) is 4.90 Å². The fourth-order valence-corrected chi connectivity index (χ4v) is 3.80. The third-order valence-corrected chi connectivity index (χ3v) is 5.37. The van der Waals surface area contributed by atoms with Crippen LogP contribution in [0.4, 0.5) is 27.2 Å². The molecule has 2 fully saturated rings. The van der Waals surface area contributed by atoms with E-state index in [9.17, 15) is 32.4 Å². The van der Waals surface area contributed by atoms with Gasteiger partial charge in [-0.05, 0) is 25.3 Å². The molecule has 1 aliphatic carbocycles. The Kier molecular flexibility index (Phi) is 6.96. The third kappa shape index (κ3) is 5.93. The van der Waals surface area contributed by atoms with Crippen LogP contribution in [0.3, 0.4) is 0 Å². The van der Waals surface area contributed by atoms with Crippen LogP contribution in [0, 0.1) is 23.1 Å². The van der Waals surface area contributed by atoms with Crippen molar-refractivity contribution in [1.29, 1.82) is 5.26 Å². The monoisotopic (exact) mass is 457 g/mol. The molecule has 1 saturated carbocycles. The topological polar surface area (TPSA) is 97.7 Å². The Morgan fingerprint density at radius 3 is 2.56 bits per heavy atom. The van der Waals surface area contributed by atoms with E-state index < -0.39 is 29.9 Å². The lowest BCUT2D eigenvalue weighted by Gasteiger charge is -2.41. The number of alkyl halides is 3. The zero-order valence-corrected chi connectivity index (χ0v) is 17.3. The maximum atomic E-state index is 14.2. The zero-order valence-electron chi connectivity index (χ0n) is 17.3. The fourth-order valence-electron chi connectivity index (χ4n) is 3.80. The van der Waals surface area contributed by atoms with Crippen LogP contribution in [0.5, 0.6) is 5.75 Å². The Morgan fingerprint density at radius 2 is 2.00 bits per heavy atom. The molecule has 3 rings (SSSR count). The van der Waals surface area contributed by atoms with Crippen molar-refractivity contribution in [1.82, 2.24) is 20.4 Å². The van der Waals surface area contributed by atoms with Crippen molar-refractivity contribution in [3.63, 3.8) is 0 Å². The fraction of sp³-hybridized carbons (Fsp3) is 0.550. The van der Waals surface area contributed by atoms with Crippen molar-refractivity contribution in [2.75, 3.05) is 20.1 Å². The molecule has 2 aliphatic rings. The van der Waals surface area contributed by atoms with E-state index in [1.165, 1.54) is 11.9 Å². The normalized spacial score (nSPS) is 20.8. The molecule has 1 unspecified atom stereocenters. The minimum absolute atomic E-state index is 0.00541. The van der Waals surface area contributed by atoms with Gasteiger partial charge in [-0.2, -0.15) is 5.26 Å². The molecule has 2 N–H and O–H groups in total. The van der Waals surface area contributed by atoms with E-state index in [4.69, 9.17) is 0 Å². The van der Waals surface area contributed by atoms with Crippen molar-refractivity contribution in [3.05, 3.63) is 29.6 Å². The summed E-state index contributed by atoms with van der Waals surface area (Å²) < 4.78 is 54.7. The highest BCUT2D eigenvalue weighted by molar-refractivity contribution is 5.76. The van der Waals surface area contributed by atoms with Gasteiger partial charge < -0.3 is 25.2 Å². The Labute approximate surface area is 182 Å². The Morgan fingerprint density at radius 1 is 1.28 bits per heavy atom. The predicted molar refractivity (Wildman–Crippen MR) is 104 cm³/mol. The number of benzene rings is 1. The molecule has 0 bridgehead atoms. The number of carbonyl (C=O) groups is 2. The molecule has 0 radical (unpaired) electrons. The van der Waals surface area contributed by atoms with Gasteiger partial charge in [-0.3, -0.25) is 0 Å². The van der Waals surface area contributed by atoms with Crippen LogP contribution < -0.4 is 15.4 Å². The molecule has 0 aromatic heterocycles. The minimum Gasteiger partial charge on any atom is -0.406 e. The summed E-state index contributed by atoms with van der Waals surface area (Å²) >= 11 is 0. The average Bonchev–Trinajstić information content (AvgIpc) is 3.56. The molecule has 32 heavy (non-hydrogen) atoms. The number of amides is 4. The number of rotatable bonds is 5. The highest BCUT2D eigenvalue weighted by atomic mass is 19.4. The van der Waals surface area contributed by atoms with Gasteiger partial charge in [-0.25, -0.2) is 14.0 Å². The van der Waals surface area contributed by atoms with Crippen LogP contribution in [0.25, 0.3) is 0 Å². The highest BCUT2D eigenvalue weighted by Crippen LogP contribution is 2.33. The van der Waals surface area contributed by atoms with Gasteiger partial charge in [-0.1, -0.05) is 6.07 Å². The summed E-state index contributed by atoms with van der Waals surface area (Å²) in [5.41, 5.74) is -0.00541. The van der Waals surface area contributed by atoms with Gasteiger partial charge in [0.25, 0.3) is 0 Å². The number of carbonyl (C=O) groups excluding carboxylic acids is 2. The van der Waals surface area contributed by atoms with Crippen LogP contribution in [0.2, 0.25) is 0 Å². The van der Waals surface area contributed by atoms with Crippen molar-refractivity contribution in [2.45, 2.75) is 44.3 Å². The maximum absolute atomic E-state index is 14.2. The third-order valence-electron chi connectivity index (χ3n) is 5.37.